The molecular weight excluding hydrogens is 468 g/mol. The summed E-state index contributed by atoms with van der Waals surface area (Å²) in [6, 6.07) is 49.3. The fraction of sp³-hybridized carbons (Fsp3) is 0.0769. The van der Waals surface area contributed by atoms with E-state index in [1.54, 1.807) is 0 Å². The van der Waals surface area contributed by atoms with Crippen LogP contribution in [0, 0.1) is 0 Å². The molecule has 0 nitrogen and oxygen atoms in total. The van der Waals surface area contributed by atoms with Crippen LogP contribution in [0.1, 0.15) is 25.0 Å². The van der Waals surface area contributed by atoms with Gasteiger partial charge in [-0.3, -0.25) is 0 Å². The first kappa shape index (κ1) is 22.3. The van der Waals surface area contributed by atoms with Crippen molar-refractivity contribution in [2.75, 3.05) is 0 Å². The maximum Gasteiger partial charge on any atom is 0.0159 e. The van der Waals surface area contributed by atoms with Crippen molar-refractivity contribution in [3.8, 4) is 33.4 Å². The second-order valence-corrected chi connectivity index (χ2v) is 11.3. The van der Waals surface area contributed by atoms with Gasteiger partial charge in [-0.05, 0) is 76.8 Å². The lowest BCUT2D eigenvalue weighted by Crippen LogP contribution is -2.23. The van der Waals surface area contributed by atoms with E-state index in [9.17, 15) is 0 Å². The van der Waals surface area contributed by atoms with Gasteiger partial charge in [0.15, 0.2) is 0 Å². The first-order chi connectivity index (χ1) is 19.1. The van der Waals surface area contributed by atoms with Crippen LogP contribution in [0.25, 0.3) is 65.7 Å². The maximum absolute atomic E-state index is 2.37. The van der Waals surface area contributed by atoms with E-state index in [0.717, 1.165) is 0 Å². The highest BCUT2D eigenvalue weighted by molar-refractivity contribution is 6.24. The molecule has 0 unspecified atom stereocenters. The molecule has 7 aromatic carbocycles. The van der Waals surface area contributed by atoms with Crippen LogP contribution in [0.2, 0.25) is 0 Å². The van der Waals surface area contributed by atoms with Crippen molar-refractivity contribution in [1.82, 2.24) is 0 Å². The van der Waals surface area contributed by atoms with Crippen molar-refractivity contribution >= 4 is 32.3 Å². The van der Waals surface area contributed by atoms with E-state index in [0.29, 0.717) is 0 Å². The molecule has 0 bridgehead atoms. The van der Waals surface area contributed by atoms with Crippen molar-refractivity contribution in [2.45, 2.75) is 19.3 Å². The highest BCUT2D eigenvalue weighted by Crippen LogP contribution is 2.52. The topological polar surface area (TPSA) is 0 Å². The molecule has 0 aliphatic heterocycles. The minimum Gasteiger partial charge on any atom is -0.0622 e. The second-order valence-electron chi connectivity index (χ2n) is 11.3. The predicted octanol–water partition coefficient (Wildman–Crippen LogP) is 10.8. The van der Waals surface area contributed by atoms with Gasteiger partial charge in [0.25, 0.3) is 0 Å². The van der Waals surface area contributed by atoms with Crippen LogP contribution in [0.4, 0.5) is 0 Å². The quantitative estimate of drug-likeness (QED) is 0.209. The fourth-order valence-electron chi connectivity index (χ4n) is 7.11. The van der Waals surface area contributed by atoms with Crippen LogP contribution < -0.4 is 0 Å². The third kappa shape index (κ3) is 3.06. The SMILES string of the molecule is CC1(C)c2ccccc2-c2ccc(-c3c4ccccc4c(-c4ccccc4)c4ccccc34)c3cccc1c23. The van der Waals surface area contributed by atoms with Gasteiger partial charge < -0.3 is 0 Å². The summed E-state index contributed by atoms with van der Waals surface area (Å²) in [5.41, 5.74) is 10.6. The fourth-order valence-corrected chi connectivity index (χ4v) is 7.11. The Balaban J connectivity index is 1.54. The van der Waals surface area contributed by atoms with Crippen LogP contribution in [-0.4, -0.2) is 0 Å². The Bertz CT molecular complexity index is 2020. The third-order valence-corrected chi connectivity index (χ3v) is 8.87. The molecule has 0 heterocycles. The normalized spacial score (nSPS) is 13.6. The number of benzene rings is 7. The van der Waals surface area contributed by atoms with E-state index in [-0.39, 0.29) is 5.41 Å². The van der Waals surface area contributed by atoms with Gasteiger partial charge in [-0.1, -0.05) is 147 Å². The second kappa shape index (κ2) is 8.16. The summed E-state index contributed by atoms with van der Waals surface area (Å²) in [5, 5.41) is 7.90. The Kier molecular flexibility index (Phi) is 4.67. The van der Waals surface area contributed by atoms with Crippen LogP contribution >= 0.6 is 0 Å². The van der Waals surface area contributed by atoms with Gasteiger partial charge in [0.05, 0.1) is 0 Å². The van der Waals surface area contributed by atoms with Gasteiger partial charge in [0, 0.05) is 5.41 Å². The standard InChI is InChI=1S/C39H28/c1-39(2)34-21-11-10-15-26(34)32-23-24-33(31-20-12-22-35(39)38(31)32)37-29-18-8-6-16-27(29)36(25-13-4-3-5-14-25)28-17-7-9-19-30(28)37/h3-24H,1-2H3. The average molecular weight is 497 g/mol. The Hall–Kier alpha value is -4.68. The first-order valence-electron chi connectivity index (χ1n) is 13.8. The van der Waals surface area contributed by atoms with Crippen LogP contribution in [0.3, 0.4) is 0 Å². The van der Waals surface area contributed by atoms with Crippen molar-refractivity contribution in [2.24, 2.45) is 0 Å². The molecule has 39 heavy (non-hydrogen) atoms. The maximum atomic E-state index is 2.37. The van der Waals surface area contributed by atoms with Gasteiger partial charge in [-0.15, -0.1) is 0 Å². The van der Waals surface area contributed by atoms with E-state index in [1.807, 2.05) is 0 Å². The lowest BCUT2D eigenvalue weighted by atomic mass is 9.68. The molecule has 8 rings (SSSR count). The molecule has 0 amide bonds. The molecule has 0 fully saturated rings. The summed E-state index contributed by atoms with van der Waals surface area (Å²) in [6.45, 7) is 4.74. The Labute approximate surface area is 229 Å². The molecule has 0 atom stereocenters. The van der Waals surface area contributed by atoms with E-state index in [4.69, 9.17) is 0 Å². The predicted molar refractivity (Wildman–Crippen MR) is 167 cm³/mol. The summed E-state index contributed by atoms with van der Waals surface area (Å²) in [7, 11) is 0. The summed E-state index contributed by atoms with van der Waals surface area (Å²) in [4.78, 5) is 0. The van der Waals surface area contributed by atoms with Gasteiger partial charge >= 0.3 is 0 Å². The molecule has 0 N–H and O–H groups in total. The third-order valence-electron chi connectivity index (χ3n) is 8.87. The zero-order valence-electron chi connectivity index (χ0n) is 22.2. The van der Waals surface area contributed by atoms with E-state index in [1.165, 1.54) is 76.8 Å². The summed E-state index contributed by atoms with van der Waals surface area (Å²) < 4.78 is 0. The zero-order chi connectivity index (χ0) is 26.1. The van der Waals surface area contributed by atoms with Gasteiger partial charge in [-0.2, -0.15) is 0 Å². The van der Waals surface area contributed by atoms with Crippen molar-refractivity contribution in [3.63, 3.8) is 0 Å². The smallest absolute Gasteiger partial charge is 0.0159 e. The molecular formula is C39H28. The van der Waals surface area contributed by atoms with Crippen molar-refractivity contribution in [1.29, 1.82) is 0 Å². The van der Waals surface area contributed by atoms with Gasteiger partial charge in [-0.25, -0.2) is 0 Å². The summed E-state index contributed by atoms with van der Waals surface area (Å²) in [5.74, 6) is 0. The van der Waals surface area contributed by atoms with Crippen LogP contribution in [0.5, 0.6) is 0 Å². The Morgan fingerprint density at radius 2 is 0.872 bits per heavy atom. The van der Waals surface area contributed by atoms with E-state index >= 15 is 0 Å². The van der Waals surface area contributed by atoms with E-state index < -0.39 is 0 Å². The largest absolute Gasteiger partial charge is 0.0622 e. The van der Waals surface area contributed by atoms with Gasteiger partial charge in [0.2, 0.25) is 0 Å². The number of hydrogen-bond donors (Lipinski definition) is 0. The monoisotopic (exact) mass is 496 g/mol. The average Bonchev–Trinajstić information content (AvgIpc) is 2.99. The molecule has 0 saturated carbocycles. The summed E-state index contributed by atoms with van der Waals surface area (Å²) >= 11 is 0. The summed E-state index contributed by atoms with van der Waals surface area (Å²) in [6.07, 6.45) is 0. The molecule has 0 spiro atoms. The molecule has 1 aliphatic carbocycles. The lowest BCUT2D eigenvalue weighted by Gasteiger charge is -2.35. The molecule has 184 valence electrons. The molecule has 0 saturated heterocycles. The molecule has 7 aromatic rings. The Morgan fingerprint density at radius 1 is 0.359 bits per heavy atom. The molecule has 0 radical (unpaired) electrons. The van der Waals surface area contributed by atoms with Gasteiger partial charge in [0.1, 0.15) is 0 Å². The highest BCUT2D eigenvalue weighted by atomic mass is 14.4. The van der Waals surface area contributed by atoms with Crippen molar-refractivity contribution in [3.05, 3.63) is 145 Å². The number of fused-ring (bicyclic) bond motifs is 4. The van der Waals surface area contributed by atoms with Crippen LogP contribution in [-0.2, 0) is 5.41 Å². The number of rotatable bonds is 2. The highest BCUT2D eigenvalue weighted by Gasteiger charge is 2.33. The molecule has 0 heteroatoms. The first-order valence-corrected chi connectivity index (χ1v) is 13.8. The molecule has 1 aliphatic rings. The number of hydrogen-bond acceptors (Lipinski definition) is 0. The van der Waals surface area contributed by atoms with Crippen LogP contribution in [0.15, 0.2) is 133 Å². The minimum atomic E-state index is -0.0664. The van der Waals surface area contributed by atoms with E-state index in [2.05, 4.69) is 147 Å². The minimum absolute atomic E-state index is 0.0664. The lowest BCUT2D eigenvalue weighted by molar-refractivity contribution is 0.645. The zero-order valence-corrected chi connectivity index (χ0v) is 22.2. The van der Waals surface area contributed by atoms with Crippen molar-refractivity contribution < 1.29 is 0 Å². The molecule has 0 aromatic heterocycles. The Morgan fingerprint density at radius 3 is 1.56 bits per heavy atom.